The molecular formula is C20H26N2O7. The molecule has 9 heteroatoms. The van der Waals surface area contributed by atoms with Crippen LogP contribution in [0.25, 0.3) is 0 Å². The molecule has 1 aromatic rings. The van der Waals surface area contributed by atoms with E-state index in [4.69, 9.17) is 19.7 Å². The van der Waals surface area contributed by atoms with E-state index in [1.54, 1.807) is 0 Å². The van der Waals surface area contributed by atoms with Crippen LogP contribution >= 0.6 is 0 Å². The van der Waals surface area contributed by atoms with Gasteiger partial charge in [0.05, 0.1) is 25.8 Å². The second kappa shape index (κ2) is 11.8. The lowest BCUT2D eigenvalue weighted by atomic mass is 10.0. The van der Waals surface area contributed by atoms with Crippen molar-refractivity contribution in [2.45, 2.75) is 12.5 Å². The maximum atomic E-state index is 11.9. The summed E-state index contributed by atoms with van der Waals surface area (Å²) in [4.78, 5) is 35.3. The van der Waals surface area contributed by atoms with Crippen molar-refractivity contribution in [2.24, 2.45) is 0 Å². The minimum absolute atomic E-state index is 0.101. The monoisotopic (exact) mass is 406 g/mol. The van der Waals surface area contributed by atoms with Crippen LogP contribution in [0.15, 0.2) is 42.5 Å². The number of ether oxygens (including phenoxy) is 2. The van der Waals surface area contributed by atoms with Crippen molar-refractivity contribution < 1.29 is 34.1 Å². The summed E-state index contributed by atoms with van der Waals surface area (Å²) in [5.74, 6) is -2.51. The molecule has 0 aliphatic carbocycles. The normalized spacial score (nSPS) is 18.1. The molecule has 2 aliphatic heterocycles. The summed E-state index contributed by atoms with van der Waals surface area (Å²) in [6, 6.07) is 10.3. The third-order valence-electron chi connectivity index (χ3n) is 4.54. The number of benzene rings is 1. The van der Waals surface area contributed by atoms with Crippen LogP contribution in [0.2, 0.25) is 0 Å². The maximum Gasteiger partial charge on any atom is 0.410 e. The smallest absolute Gasteiger partial charge is 0.410 e. The first-order chi connectivity index (χ1) is 14.0. The number of carboxylic acid groups (broad SMARTS) is 2. The lowest BCUT2D eigenvalue weighted by Gasteiger charge is -2.31. The summed E-state index contributed by atoms with van der Waals surface area (Å²) < 4.78 is 10.5. The van der Waals surface area contributed by atoms with Crippen LogP contribution in [0.5, 0.6) is 0 Å². The number of nitrogens with zero attached hydrogens (tertiary/aromatic N) is 2. The number of carbonyl (C=O) groups is 3. The van der Waals surface area contributed by atoms with E-state index in [0.29, 0.717) is 25.3 Å². The zero-order valence-electron chi connectivity index (χ0n) is 16.1. The van der Waals surface area contributed by atoms with Gasteiger partial charge in [0.2, 0.25) is 0 Å². The van der Waals surface area contributed by atoms with Gasteiger partial charge in [0.25, 0.3) is 0 Å². The highest BCUT2D eigenvalue weighted by Crippen LogP contribution is 2.27. The van der Waals surface area contributed by atoms with Crippen LogP contribution in [0.1, 0.15) is 18.0 Å². The Kier molecular flexibility index (Phi) is 9.13. The predicted octanol–water partition coefficient (Wildman–Crippen LogP) is 1.61. The molecular weight excluding hydrogens is 380 g/mol. The van der Waals surface area contributed by atoms with Crippen molar-refractivity contribution in [1.82, 2.24) is 9.80 Å². The van der Waals surface area contributed by atoms with E-state index in [1.807, 2.05) is 23.1 Å². The lowest BCUT2D eigenvalue weighted by Crippen LogP contribution is -2.39. The quantitative estimate of drug-likeness (QED) is 0.656. The number of morpholine rings is 1. The molecule has 0 bridgehead atoms. The second-order valence-electron chi connectivity index (χ2n) is 6.49. The van der Waals surface area contributed by atoms with Gasteiger partial charge in [-0.2, -0.15) is 0 Å². The SMILES string of the molecule is O=C(O)/C=C/C(=O)O.O=C1OCCN1C(CCN1CCOCC1)c1ccccc1. The lowest BCUT2D eigenvalue weighted by molar-refractivity contribution is -0.134. The minimum atomic E-state index is -1.26. The van der Waals surface area contributed by atoms with Crippen LogP contribution in [-0.4, -0.2) is 84.0 Å². The van der Waals surface area contributed by atoms with Gasteiger partial charge >= 0.3 is 18.0 Å². The molecule has 0 radical (unpaired) electrons. The van der Waals surface area contributed by atoms with Gasteiger partial charge in [-0.15, -0.1) is 0 Å². The molecule has 0 saturated carbocycles. The number of aliphatic carboxylic acids is 2. The van der Waals surface area contributed by atoms with Gasteiger partial charge in [-0.1, -0.05) is 30.3 Å². The summed E-state index contributed by atoms with van der Waals surface area (Å²) in [6.45, 7) is 5.73. The van der Waals surface area contributed by atoms with E-state index in [1.165, 1.54) is 5.56 Å². The Hall–Kier alpha value is -2.91. The zero-order chi connectivity index (χ0) is 21.1. The van der Waals surface area contributed by atoms with Gasteiger partial charge in [-0.25, -0.2) is 14.4 Å². The summed E-state index contributed by atoms with van der Waals surface area (Å²) in [7, 11) is 0. The molecule has 9 nitrogen and oxygen atoms in total. The molecule has 2 fully saturated rings. The first-order valence-electron chi connectivity index (χ1n) is 9.39. The standard InChI is InChI=1S/C16H22N2O3.C4H4O4/c19-16-18(10-13-21-16)15(14-4-2-1-3-5-14)6-7-17-8-11-20-12-9-17;5-3(6)1-2-4(7)8/h1-5,15H,6-13H2;1-2H,(H,5,6)(H,7,8)/b;2-1+. The topological polar surface area (TPSA) is 117 Å². The Bertz CT molecular complexity index is 686. The Morgan fingerprint density at radius 3 is 2.14 bits per heavy atom. The van der Waals surface area contributed by atoms with Crippen LogP contribution < -0.4 is 0 Å². The number of hydrogen-bond acceptors (Lipinski definition) is 6. The highest BCUT2D eigenvalue weighted by Gasteiger charge is 2.30. The molecule has 2 aliphatic rings. The number of hydrogen-bond donors (Lipinski definition) is 2. The summed E-state index contributed by atoms with van der Waals surface area (Å²) >= 11 is 0. The molecule has 1 amide bonds. The van der Waals surface area contributed by atoms with Gasteiger partial charge in [0.1, 0.15) is 6.61 Å². The Morgan fingerprint density at radius 1 is 1.00 bits per heavy atom. The van der Waals surface area contributed by atoms with Crippen LogP contribution in [-0.2, 0) is 19.1 Å². The Balaban J connectivity index is 0.000000321. The fourth-order valence-corrected chi connectivity index (χ4v) is 3.14. The number of carboxylic acids is 2. The van der Waals surface area contributed by atoms with Crippen molar-refractivity contribution in [3.63, 3.8) is 0 Å². The van der Waals surface area contributed by atoms with Crippen molar-refractivity contribution in [1.29, 1.82) is 0 Å². The third-order valence-corrected chi connectivity index (χ3v) is 4.54. The van der Waals surface area contributed by atoms with Gasteiger partial charge in [0.15, 0.2) is 0 Å². The second-order valence-corrected chi connectivity index (χ2v) is 6.49. The van der Waals surface area contributed by atoms with Crippen molar-refractivity contribution in [2.75, 3.05) is 46.0 Å². The molecule has 2 saturated heterocycles. The molecule has 1 aromatic carbocycles. The van der Waals surface area contributed by atoms with E-state index >= 15 is 0 Å². The molecule has 29 heavy (non-hydrogen) atoms. The maximum absolute atomic E-state index is 11.9. The zero-order valence-corrected chi connectivity index (χ0v) is 16.1. The van der Waals surface area contributed by atoms with Crippen LogP contribution in [0, 0.1) is 0 Å². The van der Waals surface area contributed by atoms with Gasteiger partial charge in [0, 0.05) is 31.8 Å². The fraction of sp³-hybridized carbons (Fsp3) is 0.450. The van der Waals surface area contributed by atoms with Gasteiger partial charge < -0.3 is 19.7 Å². The van der Waals surface area contributed by atoms with E-state index in [9.17, 15) is 14.4 Å². The van der Waals surface area contributed by atoms with Crippen LogP contribution in [0.3, 0.4) is 0 Å². The molecule has 1 atom stereocenters. The first kappa shape index (κ1) is 22.4. The van der Waals surface area contributed by atoms with Gasteiger partial charge in [-0.05, 0) is 12.0 Å². The van der Waals surface area contributed by atoms with E-state index in [0.717, 1.165) is 39.3 Å². The third kappa shape index (κ3) is 7.92. The Morgan fingerprint density at radius 2 is 1.62 bits per heavy atom. The average Bonchev–Trinajstić information content (AvgIpc) is 3.14. The molecule has 3 rings (SSSR count). The molecule has 1 unspecified atom stereocenters. The predicted molar refractivity (Wildman–Crippen MR) is 104 cm³/mol. The van der Waals surface area contributed by atoms with Crippen molar-refractivity contribution >= 4 is 18.0 Å². The van der Waals surface area contributed by atoms with E-state index in [-0.39, 0.29) is 12.1 Å². The fourth-order valence-electron chi connectivity index (χ4n) is 3.14. The highest BCUT2D eigenvalue weighted by molar-refractivity contribution is 5.89. The summed E-state index contributed by atoms with van der Waals surface area (Å²) in [5.41, 5.74) is 1.18. The summed E-state index contributed by atoms with van der Waals surface area (Å²) in [6.07, 6.45) is 1.86. The molecule has 2 heterocycles. The van der Waals surface area contributed by atoms with E-state index < -0.39 is 11.9 Å². The number of carbonyl (C=O) groups excluding carboxylic acids is 1. The summed E-state index contributed by atoms with van der Waals surface area (Å²) in [5, 5.41) is 15.6. The number of cyclic esters (lactones) is 1. The van der Waals surface area contributed by atoms with Gasteiger partial charge in [-0.3, -0.25) is 9.80 Å². The van der Waals surface area contributed by atoms with E-state index in [2.05, 4.69) is 17.0 Å². The molecule has 2 N–H and O–H groups in total. The van der Waals surface area contributed by atoms with Crippen LogP contribution in [0.4, 0.5) is 4.79 Å². The minimum Gasteiger partial charge on any atom is -0.478 e. The molecule has 158 valence electrons. The Labute approximate surface area is 169 Å². The highest BCUT2D eigenvalue weighted by atomic mass is 16.6. The van der Waals surface area contributed by atoms with Crippen molar-refractivity contribution in [3.05, 3.63) is 48.0 Å². The number of amides is 1. The largest absolute Gasteiger partial charge is 0.478 e. The average molecular weight is 406 g/mol. The van der Waals surface area contributed by atoms with Crippen molar-refractivity contribution in [3.8, 4) is 0 Å². The first-order valence-corrected chi connectivity index (χ1v) is 9.39. The molecule has 0 aromatic heterocycles. The number of rotatable bonds is 7. The molecule has 0 spiro atoms.